The second-order valence-electron chi connectivity index (χ2n) is 2.09. The van der Waals surface area contributed by atoms with Crippen LogP contribution in [0.1, 0.15) is 0 Å². The topological polar surface area (TPSA) is 93.2 Å². The lowest BCUT2D eigenvalue weighted by Gasteiger charge is -2.07. The number of thioether (sulfide) groups is 1. The zero-order valence-corrected chi connectivity index (χ0v) is 8.75. The second kappa shape index (κ2) is 6.45. The van der Waals surface area contributed by atoms with Gasteiger partial charge in [-0.1, -0.05) is 23.4 Å². The van der Waals surface area contributed by atoms with E-state index in [1.807, 2.05) is 0 Å². The van der Waals surface area contributed by atoms with Crippen LogP contribution in [0.2, 0.25) is 0 Å². The monoisotopic (exact) mass is 238 g/mol. The Kier molecular flexibility index (Phi) is 5.99. The highest BCUT2D eigenvalue weighted by Gasteiger charge is 2.31. The van der Waals surface area contributed by atoms with Gasteiger partial charge >= 0.3 is 5.97 Å². The quantitative estimate of drug-likeness (QED) is 0.229. The maximum atomic E-state index is 10.7. The number of carbonyl (C=O) groups is 1. The molecule has 0 heterocycles. The lowest BCUT2D eigenvalue weighted by atomic mass is 10.5. The van der Waals surface area contributed by atoms with Crippen LogP contribution < -0.4 is 0 Å². The van der Waals surface area contributed by atoms with Crippen LogP contribution in [0.3, 0.4) is 0 Å². The van der Waals surface area contributed by atoms with Gasteiger partial charge < -0.3 is 4.74 Å². The van der Waals surface area contributed by atoms with Gasteiger partial charge in [0.2, 0.25) is 0 Å². The molecule has 0 aromatic carbocycles. The maximum absolute atomic E-state index is 10.7. The number of nitrogens with zero attached hydrogens (tertiary/aromatic N) is 2. The molecule has 2 atom stereocenters. The van der Waals surface area contributed by atoms with Crippen LogP contribution in [0.5, 0.6) is 0 Å². The average Bonchev–Trinajstić information content (AvgIpc) is 2.16. The molecule has 0 radical (unpaired) electrons. The summed E-state index contributed by atoms with van der Waals surface area (Å²) in [5, 5.41) is 16.2. The van der Waals surface area contributed by atoms with Crippen LogP contribution in [0.25, 0.3) is 0 Å². The van der Waals surface area contributed by atoms with Crippen LogP contribution in [-0.2, 0) is 9.53 Å². The molecule has 0 aliphatic carbocycles. The first-order valence-electron chi connectivity index (χ1n) is 3.38. The Labute approximate surface area is 89.3 Å². The van der Waals surface area contributed by atoms with Gasteiger partial charge in [0.25, 0.3) is 5.37 Å². The SMILES string of the molecule is COC(=O)CSC(C(Cl)C#N)[N+](=O)[O-]. The number of hydrogen-bond acceptors (Lipinski definition) is 6. The van der Waals surface area contributed by atoms with E-state index >= 15 is 0 Å². The number of rotatable bonds is 5. The van der Waals surface area contributed by atoms with Crippen LogP contribution in [0, 0.1) is 21.4 Å². The van der Waals surface area contributed by atoms with E-state index in [1.165, 1.54) is 13.2 Å². The minimum atomic E-state index is -1.32. The van der Waals surface area contributed by atoms with Gasteiger partial charge in [-0.2, -0.15) is 5.26 Å². The fourth-order valence-corrected chi connectivity index (χ4v) is 1.61. The van der Waals surface area contributed by atoms with Crippen LogP contribution in [0.4, 0.5) is 0 Å². The van der Waals surface area contributed by atoms with Crippen LogP contribution >= 0.6 is 23.4 Å². The van der Waals surface area contributed by atoms with E-state index in [2.05, 4.69) is 4.74 Å². The number of nitriles is 1. The Balaban J connectivity index is 4.19. The largest absolute Gasteiger partial charge is 0.468 e. The first kappa shape index (κ1) is 13.0. The summed E-state index contributed by atoms with van der Waals surface area (Å²) in [6.07, 6.45) is 0. The highest BCUT2D eigenvalue weighted by molar-refractivity contribution is 8.00. The zero-order chi connectivity index (χ0) is 11.1. The summed E-state index contributed by atoms with van der Waals surface area (Å²) in [6.45, 7) is 0. The third-order valence-corrected chi connectivity index (χ3v) is 2.85. The molecule has 0 aliphatic rings. The van der Waals surface area contributed by atoms with E-state index < -0.39 is 21.6 Å². The van der Waals surface area contributed by atoms with Gasteiger partial charge in [0.05, 0.1) is 18.9 Å². The molecule has 0 spiro atoms. The van der Waals surface area contributed by atoms with Gasteiger partial charge in [-0.05, 0) is 0 Å². The van der Waals surface area contributed by atoms with E-state index in [0.29, 0.717) is 11.8 Å². The van der Waals surface area contributed by atoms with Gasteiger partial charge in [-0.3, -0.25) is 14.9 Å². The molecule has 0 saturated heterocycles. The molecule has 0 fully saturated rings. The Bertz CT molecular complexity index is 267. The van der Waals surface area contributed by atoms with Gasteiger partial charge in [-0.15, -0.1) is 0 Å². The van der Waals surface area contributed by atoms with Gasteiger partial charge in [0, 0.05) is 4.92 Å². The molecule has 0 amide bonds. The van der Waals surface area contributed by atoms with E-state index in [4.69, 9.17) is 16.9 Å². The Morgan fingerprint density at radius 2 is 2.43 bits per heavy atom. The molecule has 6 nitrogen and oxygen atoms in total. The highest BCUT2D eigenvalue weighted by atomic mass is 35.5. The molecule has 0 aliphatic heterocycles. The minimum absolute atomic E-state index is 0.201. The molecule has 0 N–H and O–H groups in total. The van der Waals surface area contributed by atoms with Crippen molar-refractivity contribution >= 4 is 29.3 Å². The lowest BCUT2D eigenvalue weighted by molar-refractivity contribution is -0.492. The summed E-state index contributed by atoms with van der Waals surface area (Å²) in [5.41, 5.74) is 0. The smallest absolute Gasteiger partial charge is 0.315 e. The first-order chi connectivity index (χ1) is 6.52. The van der Waals surface area contributed by atoms with Crippen molar-refractivity contribution in [3.05, 3.63) is 10.1 Å². The Morgan fingerprint density at radius 3 is 2.79 bits per heavy atom. The predicted molar refractivity (Wildman–Crippen MR) is 50.5 cm³/mol. The fraction of sp³-hybridized carbons (Fsp3) is 0.667. The van der Waals surface area contributed by atoms with Crippen molar-refractivity contribution in [2.75, 3.05) is 12.9 Å². The first-order valence-corrected chi connectivity index (χ1v) is 4.87. The number of esters is 1. The summed E-state index contributed by atoms with van der Waals surface area (Å²) in [4.78, 5) is 20.4. The number of hydrogen-bond donors (Lipinski definition) is 0. The standard InChI is InChI=1S/C6H7ClN2O4S/c1-13-5(10)3-14-6(9(11)12)4(7)2-8/h4,6H,3H2,1H3. The molecular formula is C6H7ClN2O4S. The van der Waals surface area contributed by atoms with Crippen LogP contribution in [-0.4, -0.2) is 34.5 Å². The number of halogens is 1. The van der Waals surface area contributed by atoms with Gasteiger partial charge in [-0.25, -0.2) is 0 Å². The molecule has 0 saturated carbocycles. The molecular weight excluding hydrogens is 232 g/mol. The predicted octanol–water partition coefficient (Wildman–Crippen LogP) is 0.626. The summed E-state index contributed by atoms with van der Waals surface area (Å²) in [7, 11) is 1.17. The minimum Gasteiger partial charge on any atom is -0.468 e. The third-order valence-electron chi connectivity index (χ3n) is 1.18. The molecule has 2 unspecified atom stereocenters. The van der Waals surface area contributed by atoms with E-state index in [0.717, 1.165) is 0 Å². The summed E-state index contributed by atoms with van der Waals surface area (Å²) < 4.78 is 4.29. The average molecular weight is 239 g/mol. The van der Waals surface area contributed by atoms with E-state index in [1.54, 1.807) is 0 Å². The molecule has 0 aromatic heterocycles. The zero-order valence-electron chi connectivity index (χ0n) is 7.18. The molecule has 0 bridgehead atoms. The molecule has 0 aromatic rings. The van der Waals surface area contributed by atoms with Crippen molar-refractivity contribution in [3.63, 3.8) is 0 Å². The fourth-order valence-electron chi connectivity index (χ4n) is 0.528. The number of alkyl halides is 1. The van der Waals surface area contributed by atoms with Gasteiger partial charge in [0.1, 0.15) is 0 Å². The summed E-state index contributed by atoms with van der Waals surface area (Å²) in [5.74, 6) is -0.795. The van der Waals surface area contributed by atoms with E-state index in [9.17, 15) is 14.9 Å². The molecule has 14 heavy (non-hydrogen) atoms. The van der Waals surface area contributed by atoms with Crippen LogP contribution in [0.15, 0.2) is 0 Å². The Morgan fingerprint density at radius 1 is 1.86 bits per heavy atom. The lowest BCUT2D eigenvalue weighted by Crippen LogP contribution is -2.27. The molecule has 8 heteroatoms. The second-order valence-corrected chi connectivity index (χ2v) is 3.67. The Hall–Kier alpha value is -1.00. The highest BCUT2D eigenvalue weighted by Crippen LogP contribution is 2.19. The van der Waals surface area contributed by atoms with Crippen molar-refractivity contribution in [1.29, 1.82) is 5.26 Å². The van der Waals surface area contributed by atoms with Crippen molar-refractivity contribution in [1.82, 2.24) is 0 Å². The normalized spacial score (nSPS) is 13.8. The number of carbonyl (C=O) groups excluding carboxylic acids is 1. The van der Waals surface area contributed by atoms with Crippen molar-refractivity contribution in [2.24, 2.45) is 0 Å². The number of nitro groups is 1. The molecule has 0 rings (SSSR count). The van der Waals surface area contributed by atoms with Crippen molar-refractivity contribution in [3.8, 4) is 6.07 Å². The van der Waals surface area contributed by atoms with Gasteiger partial charge in [0.15, 0.2) is 5.38 Å². The number of ether oxygens (including phenoxy) is 1. The maximum Gasteiger partial charge on any atom is 0.315 e. The van der Waals surface area contributed by atoms with Crippen molar-refractivity contribution < 1.29 is 14.5 Å². The summed E-state index contributed by atoms with van der Waals surface area (Å²) in [6, 6.07) is 1.54. The number of methoxy groups -OCH3 is 1. The summed E-state index contributed by atoms with van der Waals surface area (Å²) >= 11 is 6.04. The van der Waals surface area contributed by atoms with Crippen molar-refractivity contribution in [2.45, 2.75) is 10.8 Å². The molecule has 78 valence electrons. The third kappa shape index (κ3) is 4.30. The van der Waals surface area contributed by atoms with E-state index in [-0.39, 0.29) is 5.75 Å².